The van der Waals surface area contributed by atoms with Crippen LogP contribution in [0.2, 0.25) is 5.02 Å². The van der Waals surface area contributed by atoms with Crippen LogP contribution in [0.1, 0.15) is 16.8 Å². The van der Waals surface area contributed by atoms with Crippen molar-refractivity contribution >= 4 is 17.5 Å². The summed E-state index contributed by atoms with van der Waals surface area (Å²) in [5, 5.41) is 3.36. The van der Waals surface area contributed by atoms with E-state index >= 15 is 0 Å². The monoisotopic (exact) mass is 256 g/mol. The molecule has 17 heavy (non-hydrogen) atoms. The van der Waals surface area contributed by atoms with Crippen molar-refractivity contribution in [2.75, 3.05) is 20.1 Å². The molecule has 1 aliphatic heterocycles. The summed E-state index contributed by atoms with van der Waals surface area (Å²) in [4.78, 5) is 13.8. The molecule has 3 nitrogen and oxygen atoms in total. The van der Waals surface area contributed by atoms with Crippen LogP contribution < -0.4 is 5.32 Å². The van der Waals surface area contributed by atoms with E-state index in [0.717, 1.165) is 25.6 Å². The highest BCUT2D eigenvalue weighted by Crippen LogP contribution is 2.20. The predicted octanol–water partition coefficient (Wildman–Crippen LogP) is 1.91. The van der Waals surface area contributed by atoms with Crippen molar-refractivity contribution in [3.63, 3.8) is 0 Å². The Hall–Kier alpha value is -1.13. The number of carbonyl (C=O) groups is 1. The zero-order valence-electron chi connectivity index (χ0n) is 9.54. The third-order valence-corrected chi connectivity index (χ3v) is 3.38. The van der Waals surface area contributed by atoms with Gasteiger partial charge < -0.3 is 10.2 Å². The number of hydrogen-bond donors (Lipinski definition) is 1. The first-order chi connectivity index (χ1) is 8.09. The van der Waals surface area contributed by atoms with E-state index in [-0.39, 0.29) is 17.0 Å². The van der Waals surface area contributed by atoms with E-state index in [4.69, 9.17) is 11.6 Å². The molecule has 1 saturated heterocycles. The summed E-state index contributed by atoms with van der Waals surface area (Å²) in [6.07, 6.45) is 0.932. The number of likely N-dealkylation sites (N-methyl/N-ethyl adjacent to an activating group) is 1. The topological polar surface area (TPSA) is 32.3 Å². The Morgan fingerprint density at radius 1 is 1.59 bits per heavy atom. The fourth-order valence-corrected chi connectivity index (χ4v) is 2.24. The molecule has 1 atom stereocenters. The molecule has 2 rings (SSSR count). The second kappa shape index (κ2) is 5.02. The number of benzene rings is 1. The maximum absolute atomic E-state index is 12.9. The lowest BCUT2D eigenvalue weighted by Crippen LogP contribution is -2.38. The van der Waals surface area contributed by atoms with Gasteiger partial charge in [0.05, 0.1) is 10.6 Å². The lowest BCUT2D eigenvalue weighted by molar-refractivity contribution is 0.0744. The zero-order valence-corrected chi connectivity index (χ0v) is 10.3. The maximum atomic E-state index is 12.9. The predicted molar refractivity (Wildman–Crippen MR) is 64.8 cm³/mol. The van der Waals surface area contributed by atoms with Crippen LogP contribution in [0, 0.1) is 5.82 Å². The average molecular weight is 257 g/mol. The van der Waals surface area contributed by atoms with Crippen molar-refractivity contribution in [2.24, 2.45) is 0 Å². The first-order valence-corrected chi connectivity index (χ1v) is 5.90. The Balaban J connectivity index is 2.18. The van der Waals surface area contributed by atoms with Gasteiger partial charge in [0.25, 0.3) is 5.91 Å². The van der Waals surface area contributed by atoms with Crippen molar-refractivity contribution < 1.29 is 9.18 Å². The molecule has 0 spiro atoms. The van der Waals surface area contributed by atoms with Crippen LogP contribution >= 0.6 is 11.6 Å². The lowest BCUT2D eigenvalue weighted by Gasteiger charge is -2.24. The van der Waals surface area contributed by atoms with Gasteiger partial charge in [0.15, 0.2) is 0 Å². The van der Waals surface area contributed by atoms with Gasteiger partial charge in [-0.15, -0.1) is 0 Å². The highest BCUT2D eigenvalue weighted by molar-refractivity contribution is 6.33. The molecule has 0 aliphatic carbocycles. The molecule has 1 aliphatic rings. The molecular formula is C12H14ClFN2O. The Labute approximate surface area is 105 Å². The molecule has 0 bridgehead atoms. The van der Waals surface area contributed by atoms with Gasteiger partial charge in [0, 0.05) is 19.6 Å². The minimum atomic E-state index is -0.434. The van der Waals surface area contributed by atoms with E-state index < -0.39 is 5.82 Å². The molecule has 0 unspecified atom stereocenters. The SMILES string of the molecule is CN(C(=O)c1ccc(F)cc1Cl)[C@H]1CCNC1. The molecule has 1 fully saturated rings. The van der Waals surface area contributed by atoms with E-state index in [9.17, 15) is 9.18 Å². The molecule has 1 aromatic carbocycles. The number of rotatable bonds is 2. The number of hydrogen-bond acceptors (Lipinski definition) is 2. The van der Waals surface area contributed by atoms with Gasteiger partial charge in [-0.2, -0.15) is 0 Å². The first-order valence-electron chi connectivity index (χ1n) is 5.52. The molecule has 1 amide bonds. The molecule has 0 radical (unpaired) electrons. The number of amides is 1. The summed E-state index contributed by atoms with van der Waals surface area (Å²) in [6.45, 7) is 1.71. The van der Waals surface area contributed by atoms with Crippen molar-refractivity contribution in [2.45, 2.75) is 12.5 Å². The Kier molecular flexibility index (Phi) is 3.64. The van der Waals surface area contributed by atoms with Crippen LogP contribution in [0.5, 0.6) is 0 Å². The van der Waals surface area contributed by atoms with Crippen LogP contribution in [0.3, 0.4) is 0 Å². The van der Waals surface area contributed by atoms with E-state index in [1.165, 1.54) is 12.1 Å². The summed E-state index contributed by atoms with van der Waals surface area (Å²) in [6, 6.07) is 4.03. The van der Waals surface area contributed by atoms with Crippen molar-refractivity contribution in [3.05, 3.63) is 34.6 Å². The van der Waals surface area contributed by atoms with Crippen LogP contribution in [0.4, 0.5) is 4.39 Å². The summed E-state index contributed by atoms with van der Waals surface area (Å²) in [7, 11) is 1.75. The molecule has 0 aromatic heterocycles. The van der Waals surface area contributed by atoms with Crippen LogP contribution in [0.25, 0.3) is 0 Å². The van der Waals surface area contributed by atoms with Crippen LogP contribution in [-0.2, 0) is 0 Å². The average Bonchev–Trinajstić information content (AvgIpc) is 2.80. The van der Waals surface area contributed by atoms with E-state index in [0.29, 0.717) is 5.56 Å². The molecule has 92 valence electrons. The molecule has 0 saturated carbocycles. The van der Waals surface area contributed by atoms with Crippen LogP contribution in [-0.4, -0.2) is 37.0 Å². The fraction of sp³-hybridized carbons (Fsp3) is 0.417. The second-order valence-electron chi connectivity index (χ2n) is 4.19. The Morgan fingerprint density at radius 2 is 2.35 bits per heavy atom. The zero-order chi connectivity index (χ0) is 12.4. The highest BCUT2D eigenvalue weighted by Gasteiger charge is 2.25. The lowest BCUT2D eigenvalue weighted by atomic mass is 10.1. The summed E-state index contributed by atoms with van der Waals surface area (Å²) in [5.41, 5.74) is 0.350. The van der Waals surface area contributed by atoms with E-state index in [1.807, 2.05) is 0 Å². The molecule has 1 heterocycles. The molecule has 1 N–H and O–H groups in total. The van der Waals surface area contributed by atoms with Gasteiger partial charge in [0.1, 0.15) is 5.82 Å². The largest absolute Gasteiger partial charge is 0.337 e. The van der Waals surface area contributed by atoms with Gasteiger partial charge >= 0.3 is 0 Å². The second-order valence-corrected chi connectivity index (χ2v) is 4.59. The first kappa shape index (κ1) is 12.3. The minimum Gasteiger partial charge on any atom is -0.337 e. The van der Waals surface area contributed by atoms with Gasteiger partial charge in [-0.25, -0.2) is 4.39 Å². The Bertz CT molecular complexity index is 433. The third kappa shape index (κ3) is 2.58. The highest BCUT2D eigenvalue weighted by atomic mass is 35.5. The minimum absolute atomic E-state index is 0.160. The summed E-state index contributed by atoms with van der Waals surface area (Å²) in [5.74, 6) is -0.597. The fourth-order valence-electron chi connectivity index (χ4n) is 1.99. The van der Waals surface area contributed by atoms with Gasteiger partial charge in [-0.05, 0) is 31.2 Å². The van der Waals surface area contributed by atoms with Crippen molar-refractivity contribution in [1.29, 1.82) is 0 Å². The number of halogens is 2. The van der Waals surface area contributed by atoms with E-state index in [1.54, 1.807) is 11.9 Å². The smallest absolute Gasteiger partial charge is 0.255 e. The third-order valence-electron chi connectivity index (χ3n) is 3.06. The van der Waals surface area contributed by atoms with Gasteiger partial charge in [-0.3, -0.25) is 4.79 Å². The number of carbonyl (C=O) groups excluding carboxylic acids is 1. The Morgan fingerprint density at radius 3 is 2.94 bits per heavy atom. The van der Waals surface area contributed by atoms with E-state index in [2.05, 4.69) is 5.32 Å². The van der Waals surface area contributed by atoms with Gasteiger partial charge in [0.2, 0.25) is 0 Å². The maximum Gasteiger partial charge on any atom is 0.255 e. The summed E-state index contributed by atoms with van der Waals surface area (Å²) >= 11 is 5.87. The quantitative estimate of drug-likeness (QED) is 0.877. The number of nitrogens with zero attached hydrogens (tertiary/aromatic N) is 1. The molecule has 5 heteroatoms. The van der Waals surface area contributed by atoms with Gasteiger partial charge in [-0.1, -0.05) is 11.6 Å². The van der Waals surface area contributed by atoms with Crippen LogP contribution in [0.15, 0.2) is 18.2 Å². The molecule has 1 aromatic rings. The van der Waals surface area contributed by atoms with Crippen molar-refractivity contribution in [3.8, 4) is 0 Å². The van der Waals surface area contributed by atoms with Crippen molar-refractivity contribution in [1.82, 2.24) is 10.2 Å². The summed E-state index contributed by atoms with van der Waals surface area (Å²) < 4.78 is 12.9. The number of nitrogens with one attached hydrogen (secondary N) is 1. The normalized spacial score (nSPS) is 19.4. The molecular weight excluding hydrogens is 243 g/mol. The standard InChI is InChI=1S/C12H14ClFN2O/c1-16(9-4-5-15-7-9)12(17)10-3-2-8(14)6-11(10)13/h2-3,6,9,15H,4-5,7H2,1H3/t9-/m0/s1.